The second-order valence-electron chi connectivity index (χ2n) is 19.1. The van der Waals surface area contributed by atoms with Crippen LogP contribution in [0.5, 0.6) is 0 Å². The Labute approximate surface area is 403 Å². The first kappa shape index (κ1) is 40.7. The average molecular weight is 890 g/mol. The molecule has 326 valence electrons. The molecule has 1 heterocycles. The second kappa shape index (κ2) is 16.7. The third kappa shape index (κ3) is 6.57. The molecular weight excluding hydrogens is 839 g/mol. The summed E-state index contributed by atoms with van der Waals surface area (Å²) < 4.78 is 2.64. The minimum Gasteiger partial charge on any atom is -0.310 e. The van der Waals surface area contributed by atoms with Gasteiger partial charge in [-0.05, 0) is 140 Å². The summed E-state index contributed by atoms with van der Waals surface area (Å²) in [5.41, 5.74) is 18.8. The predicted molar refractivity (Wildman–Crippen MR) is 291 cm³/mol. The van der Waals surface area contributed by atoms with Crippen LogP contribution in [0.15, 0.2) is 224 Å². The fourth-order valence-corrected chi connectivity index (χ4v) is 13.3. The number of hydrogen-bond donors (Lipinski definition) is 0. The first-order valence-electron chi connectivity index (χ1n) is 24.4. The highest BCUT2D eigenvalue weighted by atomic mass is 32.1. The molecular formula is C66H51NS. The summed E-state index contributed by atoms with van der Waals surface area (Å²) >= 11 is 1.88. The van der Waals surface area contributed by atoms with Crippen molar-refractivity contribution in [3.05, 3.63) is 247 Å². The smallest absolute Gasteiger partial charge is 0.0540 e. The van der Waals surface area contributed by atoms with Crippen molar-refractivity contribution in [2.45, 2.75) is 50.4 Å². The zero-order chi connectivity index (χ0) is 45.2. The van der Waals surface area contributed by atoms with Crippen LogP contribution in [0.4, 0.5) is 17.1 Å². The summed E-state index contributed by atoms with van der Waals surface area (Å²) in [5.74, 6) is 0.578. The lowest BCUT2D eigenvalue weighted by molar-refractivity contribution is 0.445. The quantitative estimate of drug-likeness (QED) is 0.147. The summed E-state index contributed by atoms with van der Waals surface area (Å²) in [5, 5.41) is 5.35. The molecule has 0 N–H and O–H groups in total. The molecule has 1 nitrogen and oxygen atoms in total. The Balaban J connectivity index is 0.995. The summed E-state index contributed by atoms with van der Waals surface area (Å²) in [6, 6.07) is 84.3. The highest BCUT2D eigenvalue weighted by molar-refractivity contribution is 7.25. The van der Waals surface area contributed by atoms with Crippen molar-refractivity contribution >= 4 is 59.3 Å². The fourth-order valence-electron chi connectivity index (χ4n) is 12.2. The van der Waals surface area contributed by atoms with Crippen molar-refractivity contribution in [3.63, 3.8) is 0 Å². The first-order valence-corrected chi connectivity index (χ1v) is 25.3. The monoisotopic (exact) mass is 889 g/mol. The maximum absolute atomic E-state index is 2.51. The van der Waals surface area contributed by atoms with Crippen molar-refractivity contribution in [3.8, 4) is 44.5 Å². The molecule has 2 heteroatoms. The molecule has 13 rings (SSSR count). The van der Waals surface area contributed by atoms with Gasteiger partial charge in [0.25, 0.3) is 0 Å². The minimum atomic E-state index is -0.257. The van der Waals surface area contributed by atoms with E-state index in [2.05, 4.69) is 236 Å². The molecule has 68 heavy (non-hydrogen) atoms. The van der Waals surface area contributed by atoms with Crippen LogP contribution in [0.3, 0.4) is 0 Å². The Morgan fingerprint density at radius 2 is 1.09 bits per heavy atom. The molecule has 11 aromatic rings. The van der Waals surface area contributed by atoms with Gasteiger partial charge in [-0.2, -0.15) is 0 Å². The van der Waals surface area contributed by atoms with Gasteiger partial charge in [-0.3, -0.25) is 0 Å². The molecule has 1 aromatic heterocycles. The van der Waals surface area contributed by atoms with E-state index < -0.39 is 0 Å². The lowest BCUT2D eigenvalue weighted by Gasteiger charge is -2.30. The van der Waals surface area contributed by atoms with Crippen LogP contribution in [-0.2, 0) is 5.41 Å². The van der Waals surface area contributed by atoms with Gasteiger partial charge < -0.3 is 4.90 Å². The third-order valence-electron chi connectivity index (χ3n) is 15.4. The van der Waals surface area contributed by atoms with Gasteiger partial charge in [0.2, 0.25) is 0 Å². The van der Waals surface area contributed by atoms with Gasteiger partial charge in [0.15, 0.2) is 0 Å². The van der Waals surface area contributed by atoms with E-state index in [-0.39, 0.29) is 5.41 Å². The Morgan fingerprint density at radius 3 is 1.96 bits per heavy atom. The van der Waals surface area contributed by atoms with Crippen LogP contribution in [0.1, 0.15) is 67.2 Å². The molecule has 1 saturated carbocycles. The largest absolute Gasteiger partial charge is 0.310 e. The lowest BCUT2D eigenvalue weighted by atomic mass is 9.74. The Morgan fingerprint density at radius 1 is 0.441 bits per heavy atom. The number of thiophene rings is 1. The van der Waals surface area contributed by atoms with E-state index in [0.29, 0.717) is 5.92 Å². The second-order valence-corrected chi connectivity index (χ2v) is 20.2. The summed E-state index contributed by atoms with van der Waals surface area (Å²) in [7, 11) is 0. The highest BCUT2D eigenvalue weighted by Crippen LogP contribution is 2.55. The molecule has 2 aliphatic carbocycles. The van der Waals surface area contributed by atoms with Crippen LogP contribution >= 0.6 is 11.3 Å². The molecule has 0 spiro atoms. The zero-order valence-corrected chi connectivity index (χ0v) is 39.1. The molecule has 0 bridgehead atoms. The number of para-hydroxylation sites is 1. The van der Waals surface area contributed by atoms with Crippen molar-refractivity contribution in [2.75, 3.05) is 4.90 Å². The van der Waals surface area contributed by atoms with Gasteiger partial charge in [0.1, 0.15) is 0 Å². The number of anilines is 3. The molecule has 0 saturated heterocycles. The Bertz CT molecular complexity index is 3680. The van der Waals surface area contributed by atoms with E-state index in [9.17, 15) is 0 Å². The molecule has 0 aliphatic heterocycles. The van der Waals surface area contributed by atoms with Gasteiger partial charge in [0.05, 0.1) is 5.69 Å². The Kier molecular flexibility index (Phi) is 9.98. The van der Waals surface area contributed by atoms with Gasteiger partial charge in [-0.1, -0.05) is 201 Å². The molecule has 0 amide bonds. The van der Waals surface area contributed by atoms with E-state index in [1.165, 1.54) is 130 Å². The standard InChI is InChI=1S/C66H51NS/c1-66(48-24-6-3-7-25-48)58-34-11-8-28-56(58)64-52(31-17-35-59(64)66)45-39-41-49(42-40-45)67(50-26-14-23-47(43-50)53-32-18-38-62-65(53)57-29-10-13-37-61(57)68-62)60-36-12-9-27-54(60)55-33-16-22-46-21-15-30-51(63(46)55)44-19-4-2-5-20-44/h3,6-18,21-44H,2,4-5,19-20H2,1H3. The lowest BCUT2D eigenvalue weighted by Crippen LogP contribution is -2.22. The highest BCUT2D eigenvalue weighted by Gasteiger charge is 2.41. The minimum absolute atomic E-state index is 0.257. The van der Waals surface area contributed by atoms with E-state index in [0.717, 1.165) is 17.1 Å². The molecule has 2 aliphatic rings. The molecule has 1 atom stereocenters. The number of rotatable bonds is 8. The fraction of sp³-hybridized carbons (Fsp3) is 0.121. The van der Waals surface area contributed by atoms with E-state index in [1.54, 1.807) is 0 Å². The van der Waals surface area contributed by atoms with Crippen LogP contribution in [0.2, 0.25) is 0 Å². The third-order valence-corrected chi connectivity index (χ3v) is 16.5. The van der Waals surface area contributed by atoms with Gasteiger partial charge in [-0.15, -0.1) is 11.3 Å². The van der Waals surface area contributed by atoms with Crippen molar-refractivity contribution in [1.82, 2.24) is 0 Å². The molecule has 1 unspecified atom stereocenters. The van der Waals surface area contributed by atoms with Crippen LogP contribution in [-0.4, -0.2) is 0 Å². The van der Waals surface area contributed by atoms with Crippen LogP contribution in [0, 0.1) is 0 Å². The SMILES string of the molecule is CC1(c2ccccc2)c2ccccc2-c2c(-c3ccc(N(c4cccc(-c5cccc6sc7ccccc7c56)c4)c4ccccc4-c4cccc5cccc(C6CCCCC6)c45)cc3)cccc21. The number of fused-ring (bicyclic) bond motifs is 7. The number of benzene rings is 10. The number of hydrogen-bond acceptors (Lipinski definition) is 2. The van der Waals surface area contributed by atoms with Gasteiger partial charge in [-0.25, -0.2) is 0 Å². The van der Waals surface area contributed by atoms with Gasteiger partial charge >= 0.3 is 0 Å². The molecule has 0 radical (unpaired) electrons. The van der Waals surface area contributed by atoms with E-state index in [1.807, 2.05) is 11.3 Å². The maximum atomic E-state index is 2.51. The molecule has 1 fully saturated rings. The van der Waals surface area contributed by atoms with Crippen molar-refractivity contribution < 1.29 is 0 Å². The number of nitrogens with zero attached hydrogens (tertiary/aromatic N) is 1. The van der Waals surface area contributed by atoms with Crippen LogP contribution in [0.25, 0.3) is 75.5 Å². The Hall–Kier alpha value is -7.52. The normalized spacial score (nSPS) is 15.7. The van der Waals surface area contributed by atoms with E-state index in [4.69, 9.17) is 0 Å². The van der Waals surface area contributed by atoms with Gasteiger partial charge in [0, 0.05) is 42.5 Å². The van der Waals surface area contributed by atoms with E-state index >= 15 is 0 Å². The first-order chi connectivity index (χ1) is 33.6. The van der Waals surface area contributed by atoms with Crippen LogP contribution < -0.4 is 4.90 Å². The molecule has 10 aromatic carbocycles. The summed E-state index contributed by atoms with van der Waals surface area (Å²) in [6.07, 6.45) is 6.47. The predicted octanol–water partition coefficient (Wildman–Crippen LogP) is 19.1. The maximum Gasteiger partial charge on any atom is 0.0540 e. The van der Waals surface area contributed by atoms with Crippen molar-refractivity contribution in [2.24, 2.45) is 0 Å². The zero-order valence-electron chi connectivity index (χ0n) is 38.3. The summed E-state index contributed by atoms with van der Waals surface area (Å²) in [6.45, 7) is 2.40. The summed E-state index contributed by atoms with van der Waals surface area (Å²) in [4.78, 5) is 2.51. The average Bonchev–Trinajstić information content (AvgIpc) is 3.93. The van der Waals surface area contributed by atoms with Crippen molar-refractivity contribution in [1.29, 1.82) is 0 Å². The topological polar surface area (TPSA) is 3.24 Å².